The third-order valence-corrected chi connectivity index (χ3v) is 10.5. The van der Waals surface area contributed by atoms with Crippen LogP contribution in [0.15, 0.2) is 0 Å². The maximum atomic E-state index is 11.4. The SMILES string of the molecule is C[C@]12CC[C@@H]3O[C@@H]3[C@@H]1CC[C@@H]1[C@@H]2CC[C@]2(C)[C@@H](O)[C@@H](N3CCCC3)C[C@@H]12. The molecule has 0 spiro atoms. The number of hydrogen-bond donors (Lipinski definition) is 1. The van der Waals surface area contributed by atoms with Crippen LogP contribution < -0.4 is 0 Å². The molecule has 146 valence electrons. The zero-order chi connectivity index (χ0) is 17.7. The van der Waals surface area contributed by atoms with Gasteiger partial charge in [0.05, 0.1) is 18.3 Å². The van der Waals surface area contributed by atoms with Gasteiger partial charge in [-0.25, -0.2) is 0 Å². The van der Waals surface area contributed by atoms with E-state index in [1.54, 1.807) is 0 Å². The summed E-state index contributed by atoms with van der Waals surface area (Å²) in [5.74, 6) is 3.31. The van der Waals surface area contributed by atoms with Crippen LogP contribution in [0.1, 0.15) is 71.6 Å². The van der Waals surface area contributed by atoms with Crippen molar-refractivity contribution in [3.63, 3.8) is 0 Å². The molecule has 10 atom stereocenters. The van der Waals surface area contributed by atoms with E-state index in [0.717, 1.165) is 23.7 Å². The van der Waals surface area contributed by atoms with Crippen molar-refractivity contribution in [1.82, 2.24) is 4.90 Å². The van der Waals surface area contributed by atoms with E-state index in [2.05, 4.69) is 18.7 Å². The smallest absolute Gasteiger partial charge is 0.0875 e. The molecule has 4 aliphatic carbocycles. The predicted molar refractivity (Wildman–Crippen MR) is 102 cm³/mol. The number of hydrogen-bond acceptors (Lipinski definition) is 3. The number of epoxide rings is 1. The maximum Gasteiger partial charge on any atom is 0.0875 e. The van der Waals surface area contributed by atoms with Gasteiger partial charge in [-0.2, -0.15) is 0 Å². The lowest BCUT2D eigenvalue weighted by atomic mass is 9.45. The highest BCUT2D eigenvalue weighted by Gasteiger charge is 2.66. The molecule has 6 aliphatic rings. The van der Waals surface area contributed by atoms with Crippen LogP contribution in [0.3, 0.4) is 0 Å². The Morgan fingerprint density at radius 3 is 2.46 bits per heavy atom. The van der Waals surface area contributed by atoms with E-state index in [0.29, 0.717) is 23.7 Å². The Labute approximate surface area is 158 Å². The number of likely N-dealkylation sites (tertiary alicyclic amines) is 1. The summed E-state index contributed by atoms with van der Waals surface area (Å²) in [6, 6.07) is 0.444. The number of rotatable bonds is 1. The molecular weight excluding hydrogens is 322 g/mol. The molecule has 6 rings (SSSR count). The minimum Gasteiger partial charge on any atom is -0.391 e. The first-order valence-electron chi connectivity index (χ1n) is 11.6. The molecule has 4 saturated carbocycles. The van der Waals surface area contributed by atoms with Crippen LogP contribution in [0.4, 0.5) is 0 Å². The van der Waals surface area contributed by atoms with Crippen LogP contribution >= 0.6 is 0 Å². The number of aliphatic hydroxyl groups excluding tert-OH is 1. The minimum atomic E-state index is -0.0976. The summed E-state index contributed by atoms with van der Waals surface area (Å²) in [6.07, 6.45) is 13.1. The van der Waals surface area contributed by atoms with E-state index in [9.17, 15) is 5.11 Å². The van der Waals surface area contributed by atoms with E-state index in [4.69, 9.17) is 4.74 Å². The number of fused-ring (bicyclic) bond motifs is 7. The molecule has 2 aliphatic heterocycles. The molecule has 0 bridgehead atoms. The molecule has 2 saturated heterocycles. The lowest BCUT2D eigenvalue weighted by molar-refractivity contribution is -0.120. The maximum absolute atomic E-state index is 11.4. The third kappa shape index (κ3) is 2.06. The van der Waals surface area contributed by atoms with Crippen LogP contribution in [0.25, 0.3) is 0 Å². The second kappa shape index (κ2) is 5.48. The molecular formula is C23H37NO2. The molecule has 0 aromatic rings. The zero-order valence-corrected chi connectivity index (χ0v) is 16.7. The minimum absolute atomic E-state index is 0.0976. The molecule has 1 N–H and O–H groups in total. The van der Waals surface area contributed by atoms with Gasteiger partial charge in [0.1, 0.15) is 0 Å². The number of ether oxygens (including phenoxy) is 1. The van der Waals surface area contributed by atoms with Gasteiger partial charge in [0.15, 0.2) is 0 Å². The fourth-order valence-corrected chi connectivity index (χ4v) is 9.00. The molecule has 0 aromatic carbocycles. The summed E-state index contributed by atoms with van der Waals surface area (Å²) < 4.78 is 6.05. The van der Waals surface area contributed by atoms with E-state index in [1.165, 1.54) is 70.9 Å². The van der Waals surface area contributed by atoms with Gasteiger partial charge >= 0.3 is 0 Å². The Morgan fingerprint density at radius 1 is 0.885 bits per heavy atom. The van der Waals surface area contributed by atoms with Crippen LogP contribution in [-0.2, 0) is 4.74 Å². The number of nitrogens with zero attached hydrogens (tertiary/aromatic N) is 1. The summed E-state index contributed by atoms with van der Waals surface area (Å²) in [6.45, 7) is 7.51. The standard InChI is InChI=1S/C23H37NO2/c1-22-10-8-19-20(26-19)16(22)6-5-14-15(22)7-9-23(2)17(14)13-18(21(23)25)24-11-3-4-12-24/h14-21,25H,3-13H2,1-2H3/t14-,15+,16+,17+,18+,19+,20-,21+,22-,23+/m1/s1. The highest BCUT2D eigenvalue weighted by atomic mass is 16.6. The summed E-state index contributed by atoms with van der Waals surface area (Å²) in [5.41, 5.74) is 0.684. The monoisotopic (exact) mass is 359 g/mol. The molecule has 0 unspecified atom stereocenters. The second-order valence-electron chi connectivity index (χ2n) is 11.3. The van der Waals surface area contributed by atoms with Crippen LogP contribution in [-0.4, -0.2) is 47.4 Å². The van der Waals surface area contributed by atoms with Crippen molar-refractivity contribution in [2.45, 2.75) is 96.0 Å². The molecule has 26 heavy (non-hydrogen) atoms. The van der Waals surface area contributed by atoms with Crippen molar-refractivity contribution >= 4 is 0 Å². The van der Waals surface area contributed by atoms with Crippen LogP contribution in [0, 0.1) is 34.5 Å². The van der Waals surface area contributed by atoms with E-state index in [-0.39, 0.29) is 11.5 Å². The molecule has 6 fully saturated rings. The molecule has 0 amide bonds. The second-order valence-corrected chi connectivity index (χ2v) is 11.3. The topological polar surface area (TPSA) is 36.0 Å². The fraction of sp³-hybridized carbons (Fsp3) is 1.00. The van der Waals surface area contributed by atoms with Crippen molar-refractivity contribution in [1.29, 1.82) is 0 Å². The van der Waals surface area contributed by atoms with Crippen LogP contribution in [0.5, 0.6) is 0 Å². The Bertz CT molecular complexity index is 589. The lowest BCUT2D eigenvalue weighted by Crippen LogP contribution is -2.55. The van der Waals surface area contributed by atoms with Gasteiger partial charge in [0.2, 0.25) is 0 Å². The normalized spacial score (nSPS) is 61.5. The first-order chi connectivity index (χ1) is 12.5. The van der Waals surface area contributed by atoms with Gasteiger partial charge in [0.25, 0.3) is 0 Å². The summed E-state index contributed by atoms with van der Waals surface area (Å²) in [7, 11) is 0. The Balaban J connectivity index is 1.30. The average Bonchev–Trinajstić information content (AvgIpc) is 3.11. The Kier molecular flexibility index (Phi) is 3.54. The zero-order valence-electron chi connectivity index (χ0n) is 16.7. The molecule has 2 heterocycles. The van der Waals surface area contributed by atoms with E-state index in [1.807, 2.05) is 0 Å². The van der Waals surface area contributed by atoms with Gasteiger partial charge in [-0.1, -0.05) is 13.8 Å². The van der Waals surface area contributed by atoms with Crippen LogP contribution in [0.2, 0.25) is 0 Å². The Morgan fingerprint density at radius 2 is 1.65 bits per heavy atom. The first-order valence-corrected chi connectivity index (χ1v) is 11.6. The van der Waals surface area contributed by atoms with Crippen molar-refractivity contribution < 1.29 is 9.84 Å². The van der Waals surface area contributed by atoms with E-state index >= 15 is 0 Å². The summed E-state index contributed by atoms with van der Waals surface area (Å²) in [4.78, 5) is 2.64. The van der Waals surface area contributed by atoms with E-state index < -0.39 is 0 Å². The molecule has 3 nitrogen and oxygen atoms in total. The van der Waals surface area contributed by atoms with Gasteiger partial charge in [0, 0.05) is 6.04 Å². The predicted octanol–water partition coefficient (Wildman–Crippen LogP) is 3.84. The fourth-order valence-electron chi connectivity index (χ4n) is 9.00. The third-order valence-electron chi connectivity index (χ3n) is 10.5. The Hall–Kier alpha value is -0.120. The van der Waals surface area contributed by atoms with Crippen molar-refractivity contribution in [2.75, 3.05) is 13.1 Å². The van der Waals surface area contributed by atoms with Gasteiger partial charge in [-0.3, -0.25) is 4.90 Å². The largest absolute Gasteiger partial charge is 0.391 e. The van der Waals surface area contributed by atoms with Gasteiger partial charge < -0.3 is 9.84 Å². The molecule has 0 aromatic heterocycles. The van der Waals surface area contributed by atoms with Crippen molar-refractivity contribution in [2.24, 2.45) is 34.5 Å². The summed E-state index contributed by atoms with van der Waals surface area (Å²) >= 11 is 0. The van der Waals surface area contributed by atoms with Gasteiger partial charge in [-0.05, 0) is 105 Å². The highest BCUT2D eigenvalue weighted by Crippen LogP contribution is 2.68. The molecule has 0 radical (unpaired) electrons. The average molecular weight is 360 g/mol. The molecule has 3 heteroatoms. The summed E-state index contributed by atoms with van der Waals surface area (Å²) in [5, 5.41) is 11.4. The highest BCUT2D eigenvalue weighted by molar-refractivity contribution is 5.15. The first kappa shape index (κ1) is 16.8. The van der Waals surface area contributed by atoms with Crippen molar-refractivity contribution in [3.05, 3.63) is 0 Å². The quantitative estimate of drug-likeness (QED) is 0.723. The van der Waals surface area contributed by atoms with Crippen molar-refractivity contribution in [3.8, 4) is 0 Å². The number of aliphatic hydroxyl groups is 1. The lowest BCUT2D eigenvalue weighted by Gasteiger charge is -2.59. The van der Waals surface area contributed by atoms with Gasteiger partial charge in [-0.15, -0.1) is 0 Å².